The molecule has 0 aliphatic carbocycles. The molecular weight excluding hydrogens is 304 g/mol. The molecule has 0 amide bonds. The number of nitrogens with zero attached hydrogens (tertiary/aromatic N) is 1. The van der Waals surface area contributed by atoms with Crippen LogP contribution in [0.3, 0.4) is 0 Å². The van der Waals surface area contributed by atoms with Gasteiger partial charge >= 0.3 is 0 Å². The number of ether oxygens (including phenoxy) is 2. The van der Waals surface area contributed by atoms with Gasteiger partial charge in [0, 0.05) is 23.7 Å². The Hall–Kier alpha value is -2.95. The van der Waals surface area contributed by atoms with E-state index < -0.39 is 0 Å². The highest BCUT2D eigenvalue weighted by Crippen LogP contribution is 2.26. The zero-order valence-corrected chi connectivity index (χ0v) is 13.8. The van der Waals surface area contributed by atoms with Gasteiger partial charge in [0.25, 0.3) is 0 Å². The number of hydrogen-bond donors (Lipinski definition) is 1. The zero-order chi connectivity index (χ0) is 16.7. The molecule has 2 aromatic carbocycles. The van der Waals surface area contributed by atoms with Crippen LogP contribution in [0.2, 0.25) is 0 Å². The van der Waals surface area contributed by atoms with Crippen LogP contribution in [0.4, 0.5) is 0 Å². The van der Waals surface area contributed by atoms with E-state index in [1.54, 1.807) is 20.5 Å². The lowest BCUT2D eigenvalue weighted by Crippen LogP contribution is -2.36. The largest absolute Gasteiger partial charge is 0.497 e. The van der Waals surface area contributed by atoms with Crippen molar-refractivity contribution in [2.45, 2.75) is 13.1 Å². The Balaban J connectivity index is 1.85. The first-order valence-electron chi connectivity index (χ1n) is 7.73. The molecule has 122 valence electrons. The average molecular weight is 322 g/mol. The summed E-state index contributed by atoms with van der Waals surface area (Å²) in [6.45, 7) is 2.04. The zero-order valence-electron chi connectivity index (χ0n) is 13.8. The molecule has 3 aromatic rings. The van der Waals surface area contributed by atoms with E-state index in [1.165, 1.54) is 0 Å². The number of furan rings is 1. The maximum Gasteiger partial charge on any atom is 0.145 e. The van der Waals surface area contributed by atoms with Gasteiger partial charge in [0.15, 0.2) is 0 Å². The summed E-state index contributed by atoms with van der Waals surface area (Å²) in [5.74, 6) is 1.46. The summed E-state index contributed by atoms with van der Waals surface area (Å²) in [5, 5.41) is 6.20. The van der Waals surface area contributed by atoms with E-state index in [-0.39, 0.29) is 6.17 Å². The number of fused-ring (bicyclic) bond motifs is 2. The molecule has 2 heterocycles. The van der Waals surface area contributed by atoms with E-state index in [0.29, 0.717) is 0 Å². The molecule has 0 fully saturated rings. The number of rotatable bonds is 3. The minimum absolute atomic E-state index is 0.160. The first-order chi connectivity index (χ1) is 11.7. The number of aryl methyl sites for hydroxylation is 1. The third kappa shape index (κ3) is 2.29. The molecule has 1 atom stereocenters. The van der Waals surface area contributed by atoms with Crippen molar-refractivity contribution in [2.24, 2.45) is 4.99 Å². The summed E-state index contributed by atoms with van der Waals surface area (Å²) in [5.41, 5.74) is 3.10. The van der Waals surface area contributed by atoms with E-state index in [2.05, 4.69) is 17.4 Å². The summed E-state index contributed by atoms with van der Waals surface area (Å²) in [6.07, 6.45) is 3.50. The minimum Gasteiger partial charge on any atom is -0.497 e. The van der Waals surface area contributed by atoms with Crippen LogP contribution in [0.5, 0.6) is 11.5 Å². The van der Waals surface area contributed by atoms with E-state index in [1.807, 2.05) is 31.3 Å². The second kappa shape index (κ2) is 5.60. The summed E-state index contributed by atoms with van der Waals surface area (Å²) in [4.78, 5) is 4.83. The van der Waals surface area contributed by atoms with Crippen LogP contribution < -0.4 is 25.4 Å². The number of hydrogen-bond acceptors (Lipinski definition) is 5. The molecule has 0 radical (unpaired) electrons. The summed E-state index contributed by atoms with van der Waals surface area (Å²) >= 11 is 0. The van der Waals surface area contributed by atoms with Crippen molar-refractivity contribution in [3.8, 4) is 11.5 Å². The fourth-order valence-corrected chi connectivity index (χ4v) is 3.08. The minimum atomic E-state index is -0.160. The van der Waals surface area contributed by atoms with Crippen molar-refractivity contribution in [3.63, 3.8) is 0 Å². The van der Waals surface area contributed by atoms with Gasteiger partial charge in [0.2, 0.25) is 0 Å². The Bertz CT molecular complexity index is 1040. The lowest BCUT2D eigenvalue weighted by atomic mass is 10.1. The first kappa shape index (κ1) is 14.6. The van der Waals surface area contributed by atoms with Crippen molar-refractivity contribution in [1.29, 1.82) is 0 Å². The van der Waals surface area contributed by atoms with Crippen molar-refractivity contribution in [3.05, 3.63) is 58.3 Å². The van der Waals surface area contributed by atoms with Gasteiger partial charge in [-0.3, -0.25) is 4.99 Å². The normalized spacial score (nSPS) is 15.9. The highest BCUT2D eigenvalue weighted by molar-refractivity contribution is 5.81. The highest BCUT2D eigenvalue weighted by atomic mass is 16.5. The molecular formula is C19H18N2O3. The predicted octanol–water partition coefficient (Wildman–Crippen LogP) is 2.42. The molecule has 5 nitrogen and oxygen atoms in total. The van der Waals surface area contributed by atoms with Crippen LogP contribution >= 0.6 is 0 Å². The number of nitrogens with one attached hydrogen (secondary N) is 1. The van der Waals surface area contributed by atoms with Crippen molar-refractivity contribution in [1.82, 2.24) is 5.32 Å². The van der Waals surface area contributed by atoms with Gasteiger partial charge in [-0.2, -0.15) is 0 Å². The smallest absolute Gasteiger partial charge is 0.145 e. The monoisotopic (exact) mass is 322 g/mol. The molecule has 5 heteroatoms. The SMILES string of the molecule is COc1cc(OC)c2c(c1)=NC(c1cc(C)c3occc3c1)NC=2. The van der Waals surface area contributed by atoms with E-state index in [4.69, 9.17) is 18.9 Å². The fourth-order valence-electron chi connectivity index (χ4n) is 3.08. The van der Waals surface area contributed by atoms with Crippen LogP contribution in [0, 0.1) is 6.92 Å². The maximum atomic E-state index is 5.52. The number of methoxy groups -OCH3 is 2. The maximum absolute atomic E-state index is 5.52. The van der Waals surface area contributed by atoms with Gasteiger partial charge in [-0.1, -0.05) is 0 Å². The molecule has 1 aliphatic heterocycles. The topological polar surface area (TPSA) is 56.0 Å². The molecule has 1 aliphatic rings. The predicted molar refractivity (Wildman–Crippen MR) is 91.6 cm³/mol. The quantitative estimate of drug-likeness (QED) is 0.804. The van der Waals surface area contributed by atoms with Crippen LogP contribution in [0.15, 0.2) is 46.0 Å². The highest BCUT2D eigenvalue weighted by Gasteiger charge is 2.15. The van der Waals surface area contributed by atoms with Gasteiger partial charge in [-0.05, 0) is 36.2 Å². The molecule has 4 rings (SSSR count). The Morgan fingerprint density at radius 3 is 2.79 bits per heavy atom. The molecule has 0 saturated heterocycles. The van der Waals surface area contributed by atoms with Gasteiger partial charge in [-0.15, -0.1) is 0 Å². The third-order valence-electron chi connectivity index (χ3n) is 4.28. The Morgan fingerprint density at radius 2 is 2.00 bits per heavy atom. The molecule has 1 aromatic heterocycles. The van der Waals surface area contributed by atoms with E-state index in [9.17, 15) is 0 Å². The molecule has 24 heavy (non-hydrogen) atoms. The molecule has 0 saturated carbocycles. The molecule has 0 spiro atoms. The van der Waals surface area contributed by atoms with Gasteiger partial charge < -0.3 is 19.2 Å². The standard InChI is InChI=1S/C19H18N2O3/c1-11-6-13(7-12-4-5-24-18(11)12)19-20-10-15-16(21-19)8-14(22-2)9-17(15)23-3/h4-10,19-20H,1-3H3. The van der Waals surface area contributed by atoms with Gasteiger partial charge in [0.05, 0.1) is 31.1 Å². The first-order valence-corrected chi connectivity index (χ1v) is 7.73. The Morgan fingerprint density at radius 1 is 1.12 bits per heavy atom. The van der Waals surface area contributed by atoms with E-state index in [0.717, 1.165) is 44.2 Å². The van der Waals surface area contributed by atoms with E-state index >= 15 is 0 Å². The van der Waals surface area contributed by atoms with Crippen molar-refractivity contribution < 1.29 is 13.9 Å². The van der Waals surface area contributed by atoms with Gasteiger partial charge in [-0.25, -0.2) is 0 Å². The number of benzene rings is 2. The summed E-state index contributed by atoms with van der Waals surface area (Å²) in [7, 11) is 3.28. The Labute approximate surface area is 139 Å². The summed E-state index contributed by atoms with van der Waals surface area (Å²) < 4.78 is 16.3. The second-order valence-electron chi connectivity index (χ2n) is 5.78. The van der Waals surface area contributed by atoms with Gasteiger partial charge in [0.1, 0.15) is 23.2 Å². The third-order valence-corrected chi connectivity index (χ3v) is 4.28. The lowest BCUT2D eigenvalue weighted by Gasteiger charge is -2.18. The van der Waals surface area contributed by atoms with Crippen molar-refractivity contribution >= 4 is 17.2 Å². The van der Waals surface area contributed by atoms with Crippen molar-refractivity contribution in [2.75, 3.05) is 14.2 Å². The molecule has 1 unspecified atom stereocenters. The van der Waals surface area contributed by atoms with Crippen LogP contribution in [-0.4, -0.2) is 14.2 Å². The van der Waals surface area contributed by atoms with Crippen LogP contribution in [0.1, 0.15) is 17.3 Å². The fraction of sp³-hybridized carbons (Fsp3) is 0.211. The second-order valence-corrected chi connectivity index (χ2v) is 5.78. The Kier molecular flexibility index (Phi) is 3.41. The van der Waals surface area contributed by atoms with Crippen LogP contribution in [-0.2, 0) is 0 Å². The summed E-state index contributed by atoms with van der Waals surface area (Å²) in [6, 6.07) is 9.95. The molecule has 1 N–H and O–H groups in total. The average Bonchev–Trinajstić information content (AvgIpc) is 3.09. The van der Waals surface area contributed by atoms with Crippen LogP contribution in [0.25, 0.3) is 17.2 Å². The molecule has 0 bridgehead atoms. The lowest BCUT2D eigenvalue weighted by molar-refractivity contribution is 0.389.